The summed E-state index contributed by atoms with van der Waals surface area (Å²) in [5, 5.41) is 0. The first-order valence-electron chi connectivity index (χ1n) is 6.95. The fourth-order valence-corrected chi connectivity index (χ4v) is 1.96. The summed E-state index contributed by atoms with van der Waals surface area (Å²) in [6.45, 7) is 2.68. The van der Waals surface area contributed by atoms with Crippen LogP contribution in [-0.2, 0) is 9.59 Å². The normalized spacial score (nSPS) is 11.4. The number of hydrogen-bond acceptors (Lipinski definition) is 4. The Morgan fingerprint density at radius 3 is 2.22 bits per heavy atom. The Morgan fingerprint density at radius 2 is 1.56 bits per heavy atom. The molecule has 0 aromatic carbocycles. The minimum Gasteiger partial charge on any atom is -0.211 e. The van der Waals surface area contributed by atoms with Gasteiger partial charge in [0.1, 0.15) is 0 Å². The molecule has 4 heteroatoms. The van der Waals surface area contributed by atoms with Crippen molar-refractivity contribution in [3.63, 3.8) is 0 Å². The van der Waals surface area contributed by atoms with Crippen LogP contribution in [0, 0.1) is 0 Å². The molecular weight excluding hydrogens is 228 g/mol. The molecule has 0 spiro atoms. The van der Waals surface area contributed by atoms with Crippen molar-refractivity contribution in [1.29, 1.82) is 0 Å². The van der Waals surface area contributed by atoms with Crippen LogP contribution in [0.25, 0.3) is 0 Å². The lowest BCUT2D eigenvalue weighted by Gasteiger charge is -2.09. The lowest BCUT2D eigenvalue weighted by Crippen LogP contribution is -2.05. The molecule has 0 saturated heterocycles. The Labute approximate surface area is 110 Å². The first-order chi connectivity index (χ1) is 8.85. The Kier molecular flexibility index (Phi) is 12.9. The van der Waals surface area contributed by atoms with Gasteiger partial charge in [0.2, 0.25) is 12.2 Å². The van der Waals surface area contributed by atoms with E-state index in [-0.39, 0.29) is 6.04 Å². The zero-order chi connectivity index (χ0) is 13.5. The van der Waals surface area contributed by atoms with Crippen molar-refractivity contribution in [2.75, 3.05) is 6.54 Å². The van der Waals surface area contributed by atoms with Gasteiger partial charge in [0.05, 0.1) is 12.6 Å². The van der Waals surface area contributed by atoms with Gasteiger partial charge in [-0.3, -0.25) is 0 Å². The van der Waals surface area contributed by atoms with E-state index < -0.39 is 0 Å². The average molecular weight is 252 g/mol. The highest BCUT2D eigenvalue weighted by Gasteiger charge is 2.06. The fraction of sp³-hybridized carbons (Fsp3) is 0.857. The number of unbranched alkanes of at least 4 members (excludes halogenated alkanes) is 5. The summed E-state index contributed by atoms with van der Waals surface area (Å²) in [7, 11) is 0. The number of aliphatic imine (C=N–C) groups is 2. The number of nitrogens with zero attached hydrogens (tertiary/aromatic N) is 2. The third-order valence-corrected chi connectivity index (χ3v) is 3.00. The minimum atomic E-state index is 0.0514. The van der Waals surface area contributed by atoms with E-state index in [0.717, 1.165) is 25.7 Å². The van der Waals surface area contributed by atoms with E-state index in [1.807, 2.05) is 0 Å². The smallest absolute Gasteiger partial charge is 0.211 e. The number of rotatable bonds is 12. The molecule has 0 aromatic heterocycles. The van der Waals surface area contributed by atoms with Gasteiger partial charge in [-0.25, -0.2) is 19.6 Å². The van der Waals surface area contributed by atoms with Crippen LogP contribution in [0.2, 0.25) is 0 Å². The predicted molar refractivity (Wildman–Crippen MR) is 72.1 cm³/mol. The van der Waals surface area contributed by atoms with Crippen LogP contribution in [0.5, 0.6) is 0 Å². The molecule has 0 fully saturated rings. The largest absolute Gasteiger partial charge is 0.235 e. The third kappa shape index (κ3) is 11.3. The van der Waals surface area contributed by atoms with Crippen molar-refractivity contribution in [1.82, 2.24) is 0 Å². The molecule has 0 radical (unpaired) electrons. The summed E-state index contributed by atoms with van der Waals surface area (Å²) in [6, 6.07) is 0.0514. The van der Waals surface area contributed by atoms with Crippen LogP contribution in [0.4, 0.5) is 0 Å². The highest BCUT2D eigenvalue weighted by molar-refractivity contribution is 5.33. The second kappa shape index (κ2) is 13.8. The van der Waals surface area contributed by atoms with E-state index in [4.69, 9.17) is 0 Å². The summed E-state index contributed by atoms with van der Waals surface area (Å²) in [4.78, 5) is 27.5. The minimum absolute atomic E-state index is 0.0514. The fourth-order valence-electron chi connectivity index (χ4n) is 1.96. The van der Waals surface area contributed by atoms with E-state index >= 15 is 0 Å². The summed E-state index contributed by atoms with van der Waals surface area (Å²) in [5.74, 6) is 0. The monoisotopic (exact) mass is 252 g/mol. The lowest BCUT2D eigenvalue weighted by molar-refractivity contribution is 0.495. The van der Waals surface area contributed by atoms with Gasteiger partial charge in [-0.05, 0) is 19.3 Å². The highest BCUT2D eigenvalue weighted by atomic mass is 16.1. The summed E-state index contributed by atoms with van der Waals surface area (Å²) >= 11 is 0. The van der Waals surface area contributed by atoms with Gasteiger partial charge in [0, 0.05) is 0 Å². The zero-order valence-corrected chi connectivity index (χ0v) is 11.4. The average Bonchev–Trinajstić information content (AvgIpc) is 2.38. The predicted octanol–water partition coefficient (Wildman–Crippen LogP) is 3.56. The van der Waals surface area contributed by atoms with Gasteiger partial charge in [-0.2, -0.15) is 0 Å². The van der Waals surface area contributed by atoms with Gasteiger partial charge < -0.3 is 0 Å². The van der Waals surface area contributed by atoms with Crippen molar-refractivity contribution in [3.8, 4) is 0 Å². The maximum Gasteiger partial charge on any atom is 0.235 e. The lowest BCUT2D eigenvalue weighted by atomic mass is 10.0. The molecule has 1 unspecified atom stereocenters. The molecule has 0 rings (SSSR count). The molecule has 0 saturated carbocycles. The summed E-state index contributed by atoms with van der Waals surface area (Å²) < 4.78 is 0. The number of carbonyl (C=O) groups excluding carboxylic acids is 2. The molecule has 0 aliphatic carbocycles. The van der Waals surface area contributed by atoms with Gasteiger partial charge in [-0.1, -0.05) is 45.4 Å². The van der Waals surface area contributed by atoms with Crippen LogP contribution < -0.4 is 0 Å². The molecular formula is C14H24N2O2. The molecule has 0 heterocycles. The van der Waals surface area contributed by atoms with Crippen LogP contribution in [-0.4, -0.2) is 24.7 Å². The maximum absolute atomic E-state index is 10.3. The van der Waals surface area contributed by atoms with Crippen molar-refractivity contribution < 1.29 is 9.59 Å². The zero-order valence-electron chi connectivity index (χ0n) is 11.4. The quantitative estimate of drug-likeness (QED) is 0.303. The summed E-state index contributed by atoms with van der Waals surface area (Å²) in [5.41, 5.74) is 0. The Balaban J connectivity index is 3.62. The van der Waals surface area contributed by atoms with Crippen molar-refractivity contribution in [2.45, 2.75) is 70.8 Å². The molecule has 0 bridgehead atoms. The Hall–Kier alpha value is -1.24. The number of hydrogen-bond donors (Lipinski definition) is 0. The van der Waals surface area contributed by atoms with Gasteiger partial charge in [0.25, 0.3) is 0 Å². The van der Waals surface area contributed by atoms with Crippen LogP contribution in [0.3, 0.4) is 0 Å². The Bertz CT molecular complexity index is 280. The highest BCUT2D eigenvalue weighted by Crippen LogP contribution is 2.13. The van der Waals surface area contributed by atoms with Crippen LogP contribution in [0.15, 0.2) is 9.98 Å². The number of isocyanates is 2. The van der Waals surface area contributed by atoms with E-state index in [2.05, 4.69) is 16.9 Å². The summed E-state index contributed by atoms with van der Waals surface area (Å²) in [6.07, 6.45) is 13.1. The second-order valence-electron chi connectivity index (χ2n) is 4.55. The molecule has 0 amide bonds. The van der Waals surface area contributed by atoms with E-state index in [1.165, 1.54) is 38.2 Å². The van der Waals surface area contributed by atoms with Gasteiger partial charge in [0.15, 0.2) is 0 Å². The van der Waals surface area contributed by atoms with E-state index in [0.29, 0.717) is 6.54 Å². The van der Waals surface area contributed by atoms with Gasteiger partial charge >= 0.3 is 0 Å². The van der Waals surface area contributed by atoms with E-state index in [1.54, 1.807) is 6.08 Å². The Morgan fingerprint density at radius 1 is 0.889 bits per heavy atom. The molecule has 102 valence electrons. The van der Waals surface area contributed by atoms with Gasteiger partial charge in [-0.15, -0.1) is 0 Å². The topological polar surface area (TPSA) is 58.9 Å². The molecule has 0 aromatic rings. The molecule has 0 aliphatic heterocycles. The van der Waals surface area contributed by atoms with Crippen molar-refractivity contribution in [3.05, 3.63) is 0 Å². The molecule has 0 N–H and O–H groups in total. The standard InChI is InChI=1S/C14H24N2O2/c1-2-3-4-5-6-7-9-14(16-13-18)10-8-11-15-12-17/h14H,2-11H2,1H3. The molecule has 1 atom stereocenters. The maximum atomic E-state index is 10.3. The van der Waals surface area contributed by atoms with Crippen molar-refractivity contribution >= 4 is 12.2 Å². The van der Waals surface area contributed by atoms with Crippen LogP contribution >= 0.6 is 0 Å². The van der Waals surface area contributed by atoms with Crippen molar-refractivity contribution in [2.24, 2.45) is 9.98 Å². The molecule has 18 heavy (non-hydrogen) atoms. The first kappa shape index (κ1) is 16.8. The molecule has 4 nitrogen and oxygen atoms in total. The van der Waals surface area contributed by atoms with Crippen LogP contribution in [0.1, 0.15) is 64.7 Å². The molecule has 0 aliphatic rings. The van der Waals surface area contributed by atoms with E-state index in [9.17, 15) is 9.59 Å². The third-order valence-electron chi connectivity index (χ3n) is 3.00. The second-order valence-corrected chi connectivity index (χ2v) is 4.55. The first-order valence-corrected chi connectivity index (χ1v) is 6.95. The SMILES string of the molecule is CCCCCCCCC(CCCN=C=O)N=C=O.